The molecule has 0 fully saturated rings. The number of carbonyl (C=O) groups is 1. The number of hydrogen-bond acceptors (Lipinski definition) is 3. The van der Waals surface area contributed by atoms with E-state index >= 15 is 0 Å². The van der Waals surface area contributed by atoms with Gasteiger partial charge in [0.15, 0.2) is 0 Å². The zero-order valence-electron chi connectivity index (χ0n) is 14.0. The Hall–Kier alpha value is -2.33. The van der Waals surface area contributed by atoms with E-state index in [0.717, 1.165) is 21.2 Å². The molecule has 2 nitrogen and oxygen atoms in total. The van der Waals surface area contributed by atoms with E-state index in [1.54, 1.807) is 30.8 Å². The van der Waals surface area contributed by atoms with Gasteiger partial charge in [0.1, 0.15) is 5.82 Å². The van der Waals surface area contributed by atoms with E-state index in [1.807, 2.05) is 42.5 Å². The number of hydrogen-bond donors (Lipinski definition) is 0. The molecule has 0 heterocycles. The number of ether oxygens (including phenoxy) is 1. The molecule has 0 bridgehead atoms. The van der Waals surface area contributed by atoms with Crippen molar-refractivity contribution in [3.8, 4) is 11.1 Å². The Kier molecular flexibility index (Phi) is 5.71. The van der Waals surface area contributed by atoms with Crippen LogP contribution in [0.5, 0.6) is 0 Å². The molecule has 0 radical (unpaired) electrons. The summed E-state index contributed by atoms with van der Waals surface area (Å²) in [6, 6.07) is 18.8. The van der Waals surface area contributed by atoms with E-state index in [1.165, 1.54) is 6.07 Å². The smallest absolute Gasteiger partial charge is 0.306 e. The molecule has 0 aliphatic heterocycles. The fourth-order valence-electron chi connectivity index (χ4n) is 2.79. The van der Waals surface area contributed by atoms with Crippen molar-refractivity contribution in [2.24, 2.45) is 0 Å². The number of benzene rings is 3. The maximum atomic E-state index is 14.5. The van der Waals surface area contributed by atoms with Gasteiger partial charge in [-0.05, 0) is 29.8 Å². The summed E-state index contributed by atoms with van der Waals surface area (Å²) in [6.07, 6.45) is 0.335. The quantitative estimate of drug-likeness (QED) is 0.420. The second kappa shape index (κ2) is 8.17. The lowest BCUT2D eigenvalue weighted by atomic mass is 9.98. The first kappa shape index (κ1) is 17.5. The summed E-state index contributed by atoms with van der Waals surface area (Å²) < 4.78 is 19.4. The molecular formula is C21H19FO2S. The van der Waals surface area contributed by atoms with Crippen LogP contribution in [-0.4, -0.2) is 18.3 Å². The van der Waals surface area contributed by atoms with Crippen molar-refractivity contribution in [2.45, 2.75) is 18.2 Å². The second-order valence-corrected chi connectivity index (χ2v) is 6.68. The molecule has 0 atom stereocenters. The number of thioether (sulfide) groups is 1. The number of esters is 1. The molecule has 0 N–H and O–H groups in total. The van der Waals surface area contributed by atoms with Crippen molar-refractivity contribution in [1.82, 2.24) is 0 Å². The highest BCUT2D eigenvalue weighted by atomic mass is 32.2. The van der Waals surface area contributed by atoms with E-state index in [0.29, 0.717) is 24.3 Å². The van der Waals surface area contributed by atoms with E-state index in [2.05, 4.69) is 0 Å². The van der Waals surface area contributed by atoms with Crippen LogP contribution in [0, 0.1) is 5.82 Å². The molecular weight excluding hydrogens is 335 g/mol. The lowest BCUT2D eigenvalue weighted by Crippen LogP contribution is -2.04. The zero-order valence-corrected chi connectivity index (χ0v) is 14.8. The molecule has 0 amide bonds. The molecule has 0 unspecified atom stereocenters. The molecule has 25 heavy (non-hydrogen) atoms. The van der Waals surface area contributed by atoms with Crippen molar-refractivity contribution in [3.63, 3.8) is 0 Å². The van der Waals surface area contributed by atoms with Gasteiger partial charge >= 0.3 is 5.97 Å². The molecule has 3 rings (SSSR count). The van der Waals surface area contributed by atoms with Gasteiger partial charge in [0, 0.05) is 21.8 Å². The standard InChI is InChI=1S/C21H19FO2S/c1-2-24-20(23)13-14-25-19-12-11-15-7-3-4-8-16(15)21(19)17-9-5-6-10-18(17)22/h3-12H,2,13-14H2,1H3. The van der Waals surface area contributed by atoms with Gasteiger partial charge in [0.2, 0.25) is 0 Å². The lowest BCUT2D eigenvalue weighted by molar-refractivity contribution is -0.142. The lowest BCUT2D eigenvalue weighted by Gasteiger charge is -2.14. The molecule has 0 spiro atoms. The summed E-state index contributed by atoms with van der Waals surface area (Å²) >= 11 is 1.55. The summed E-state index contributed by atoms with van der Waals surface area (Å²) in [5.41, 5.74) is 1.46. The fourth-order valence-corrected chi connectivity index (χ4v) is 3.81. The van der Waals surface area contributed by atoms with Gasteiger partial charge in [0.25, 0.3) is 0 Å². The first-order valence-corrected chi connectivity index (χ1v) is 9.24. The average molecular weight is 354 g/mol. The van der Waals surface area contributed by atoms with Gasteiger partial charge in [-0.3, -0.25) is 4.79 Å². The van der Waals surface area contributed by atoms with Gasteiger partial charge in [0.05, 0.1) is 13.0 Å². The normalized spacial score (nSPS) is 10.8. The van der Waals surface area contributed by atoms with E-state index in [9.17, 15) is 9.18 Å². The van der Waals surface area contributed by atoms with Gasteiger partial charge in [-0.25, -0.2) is 4.39 Å². The number of carbonyl (C=O) groups excluding carboxylic acids is 1. The van der Waals surface area contributed by atoms with Crippen LogP contribution in [0.4, 0.5) is 4.39 Å². The molecule has 0 saturated carbocycles. The highest BCUT2D eigenvalue weighted by Gasteiger charge is 2.14. The van der Waals surface area contributed by atoms with Crippen LogP contribution in [0.1, 0.15) is 13.3 Å². The Morgan fingerprint density at radius 2 is 1.80 bits per heavy atom. The monoisotopic (exact) mass is 354 g/mol. The van der Waals surface area contributed by atoms with Crippen LogP contribution in [-0.2, 0) is 9.53 Å². The van der Waals surface area contributed by atoms with Gasteiger partial charge in [-0.15, -0.1) is 11.8 Å². The number of rotatable bonds is 6. The third kappa shape index (κ3) is 4.02. The zero-order chi connectivity index (χ0) is 17.6. The maximum Gasteiger partial charge on any atom is 0.306 e. The third-order valence-electron chi connectivity index (χ3n) is 3.90. The Balaban J connectivity index is 1.99. The molecule has 4 heteroatoms. The molecule has 0 aliphatic carbocycles. The SMILES string of the molecule is CCOC(=O)CCSc1ccc2ccccc2c1-c1ccccc1F. The Morgan fingerprint density at radius 1 is 1.04 bits per heavy atom. The topological polar surface area (TPSA) is 26.3 Å². The van der Waals surface area contributed by atoms with Crippen LogP contribution in [0.2, 0.25) is 0 Å². The van der Waals surface area contributed by atoms with Crippen LogP contribution < -0.4 is 0 Å². The Bertz CT molecular complexity index is 892. The number of fused-ring (bicyclic) bond motifs is 1. The number of halogens is 1. The minimum atomic E-state index is -0.244. The van der Waals surface area contributed by atoms with Crippen LogP contribution in [0.25, 0.3) is 21.9 Å². The van der Waals surface area contributed by atoms with Crippen molar-refractivity contribution in [3.05, 3.63) is 66.5 Å². The Morgan fingerprint density at radius 3 is 2.60 bits per heavy atom. The maximum absolute atomic E-state index is 14.5. The highest BCUT2D eigenvalue weighted by molar-refractivity contribution is 7.99. The molecule has 128 valence electrons. The molecule has 0 aromatic heterocycles. The highest BCUT2D eigenvalue weighted by Crippen LogP contribution is 2.38. The summed E-state index contributed by atoms with van der Waals surface area (Å²) in [7, 11) is 0. The molecule has 3 aromatic rings. The largest absolute Gasteiger partial charge is 0.466 e. The van der Waals surface area contributed by atoms with Crippen molar-refractivity contribution in [1.29, 1.82) is 0 Å². The average Bonchev–Trinajstić information content (AvgIpc) is 2.62. The predicted octanol–water partition coefficient (Wildman–Crippen LogP) is 5.69. The predicted molar refractivity (Wildman–Crippen MR) is 101 cm³/mol. The molecule has 3 aromatic carbocycles. The summed E-state index contributed by atoms with van der Waals surface area (Å²) in [4.78, 5) is 12.5. The van der Waals surface area contributed by atoms with Crippen LogP contribution in [0.3, 0.4) is 0 Å². The summed E-state index contributed by atoms with van der Waals surface area (Å²) in [5, 5.41) is 2.07. The van der Waals surface area contributed by atoms with Crippen LogP contribution in [0.15, 0.2) is 65.6 Å². The van der Waals surface area contributed by atoms with E-state index in [4.69, 9.17) is 4.74 Å². The van der Waals surface area contributed by atoms with Crippen molar-refractivity contribution >= 4 is 28.5 Å². The summed E-state index contributed by atoms with van der Waals surface area (Å²) in [5.74, 6) is 0.146. The third-order valence-corrected chi connectivity index (χ3v) is 4.96. The van der Waals surface area contributed by atoms with E-state index < -0.39 is 0 Å². The van der Waals surface area contributed by atoms with Gasteiger partial charge < -0.3 is 4.74 Å². The minimum Gasteiger partial charge on any atom is -0.466 e. The fraction of sp³-hybridized carbons (Fsp3) is 0.190. The first-order chi connectivity index (χ1) is 12.2. The second-order valence-electron chi connectivity index (χ2n) is 5.54. The molecule has 0 saturated heterocycles. The first-order valence-electron chi connectivity index (χ1n) is 8.25. The van der Waals surface area contributed by atoms with E-state index in [-0.39, 0.29) is 11.8 Å². The van der Waals surface area contributed by atoms with Crippen LogP contribution >= 0.6 is 11.8 Å². The Labute approximate surface area is 151 Å². The van der Waals surface area contributed by atoms with Gasteiger partial charge in [-0.2, -0.15) is 0 Å². The molecule has 0 aliphatic rings. The minimum absolute atomic E-state index is 0.205. The van der Waals surface area contributed by atoms with Gasteiger partial charge in [-0.1, -0.05) is 48.5 Å². The van der Waals surface area contributed by atoms with Crippen molar-refractivity contribution in [2.75, 3.05) is 12.4 Å². The van der Waals surface area contributed by atoms with Crippen molar-refractivity contribution < 1.29 is 13.9 Å². The summed E-state index contributed by atoms with van der Waals surface area (Å²) in [6.45, 7) is 2.19.